The van der Waals surface area contributed by atoms with Crippen LogP contribution in [0.5, 0.6) is 0 Å². The van der Waals surface area contributed by atoms with Gasteiger partial charge in [0.05, 0.1) is 5.69 Å². The van der Waals surface area contributed by atoms with E-state index in [0.29, 0.717) is 17.3 Å². The molecule has 0 radical (unpaired) electrons. The molecular weight excluding hydrogens is 320 g/mol. The third-order valence-electron chi connectivity index (χ3n) is 4.52. The number of sulfonamides is 1. The fourth-order valence-corrected chi connectivity index (χ4v) is 4.33. The first-order valence-electron chi connectivity index (χ1n) is 8.39. The van der Waals surface area contributed by atoms with Gasteiger partial charge < -0.3 is 5.32 Å². The van der Waals surface area contributed by atoms with Crippen LogP contribution < -0.4 is 10.0 Å². The second kappa shape index (κ2) is 6.85. The predicted molar refractivity (Wildman–Crippen MR) is 97.9 cm³/mol. The maximum Gasteiger partial charge on any atom is 0.263 e. The number of rotatable bonds is 0. The molecule has 1 aliphatic carbocycles. The van der Waals surface area contributed by atoms with Crippen molar-refractivity contribution in [1.82, 2.24) is 4.72 Å². The molecule has 1 saturated carbocycles. The second-order valence-corrected chi connectivity index (χ2v) is 8.19. The van der Waals surface area contributed by atoms with Gasteiger partial charge >= 0.3 is 0 Å². The maximum absolute atomic E-state index is 12.8. The van der Waals surface area contributed by atoms with Crippen LogP contribution in [-0.2, 0) is 10.0 Å². The molecule has 1 aromatic rings. The van der Waals surface area contributed by atoms with E-state index in [1.807, 2.05) is 6.07 Å². The summed E-state index contributed by atoms with van der Waals surface area (Å²) >= 11 is 0. The van der Waals surface area contributed by atoms with E-state index in [9.17, 15) is 8.42 Å². The second-order valence-electron chi connectivity index (χ2n) is 6.54. The Kier molecular flexibility index (Phi) is 4.81. The summed E-state index contributed by atoms with van der Waals surface area (Å²) < 4.78 is 28.2. The van der Waals surface area contributed by atoms with E-state index < -0.39 is 10.0 Å². The molecule has 2 N–H and O–H groups in total. The van der Waals surface area contributed by atoms with Gasteiger partial charge in [0.2, 0.25) is 0 Å². The number of fused-ring (bicyclic) bond motifs is 2. The summed E-state index contributed by atoms with van der Waals surface area (Å²) in [7, 11) is -3.66. The van der Waals surface area contributed by atoms with Crippen molar-refractivity contribution in [3.05, 3.63) is 61.0 Å². The summed E-state index contributed by atoms with van der Waals surface area (Å²) in [5.41, 5.74) is 1.97. The first kappa shape index (κ1) is 16.8. The van der Waals surface area contributed by atoms with E-state index in [2.05, 4.69) is 35.3 Å². The number of anilines is 1. The van der Waals surface area contributed by atoms with Crippen molar-refractivity contribution in [2.75, 3.05) is 5.32 Å². The Morgan fingerprint density at radius 3 is 2.75 bits per heavy atom. The highest BCUT2D eigenvalue weighted by Gasteiger charge is 2.38. The lowest BCUT2D eigenvalue weighted by atomic mass is 10.1. The Hall–Kier alpha value is -2.01. The van der Waals surface area contributed by atoms with E-state index in [4.69, 9.17) is 0 Å². The van der Waals surface area contributed by atoms with E-state index >= 15 is 0 Å². The first-order chi connectivity index (χ1) is 11.5. The average Bonchev–Trinajstić information content (AvgIpc) is 3.29. The van der Waals surface area contributed by atoms with Gasteiger partial charge in [0, 0.05) is 17.3 Å². The minimum atomic E-state index is -3.66. The topological polar surface area (TPSA) is 58.2 Å². The molecule has 24 heavy (non-hydrogen) atoms. The lowest BCUT2D eigenvalue weighted by Crippen LogP contribution is -2.24. The molecule has 2 atom stereocenters. The van der Waals surface area contributed by atoms with Gasteiger partial charge in [-0.1, -0.05) is 37.4 Å². The van der Waals surface area contributed by atoms with Crippen LogP contribution in [0.2, 0.25) is 0 Å². The van der Waals surface area contributed by atoms with E-state index in [0.717, 1.165) is 37.8 Å². The standard InChI is InChI=1S/C19H24N2O2S/c1-14-9-5-3-4-6-10-16-13-17(16)15(2)21-24(22,23)19-12-8-7-11-18(19)20-14/h6-8,10-12,16-17,20-21H,1-5,9,13H2/b10-6-/t16-,17-/m1/s1. The smallest absolute Gasteiger partial charge is 0.263 e. The summed E-state index contributed by atoms with van der Waals surface area (Å²) in [4.78, 5) is 0.231. The minimum absolute atomic E-state index is 0.205. The zero-order valence-corrected chi connectivity index (χ0v) is 14.6. The highest BCUT2D eigenvalue weighted by molar-refractivity contribution is 7.89. The highest BCUT2D eigenvalue weighted by Crippen LogP contribution is 2.44. The van der Waals surface area contributed by atoms with Gasteiger partial charge in [-0.15, -0.1) is 0 Å². The predicted octanol–water partition coefficient (Wildman–Crippen LogP) is 4.17. The van der Waals surface area contributed by atoms with Crippen LogP contribution in [0.1, 0.15) is 32.1 Å². The summed E-state index contributed by atoms with van der Waals surface area (Å²) in [5.74, 6) is 0.616. The monoisotopic (exact) mass is 344 g/mol. The van der Waals surface area contributed by atoms with Crippen LogP contribution in [0.3, 0.4) is 0 Å². The van der Waals surface area contributed by atoms with Crippen molar-refractivity contribution in [3.63, 3.8) is 0 Å². The molecule has 0 saturated heterocycles. The molecule has 0 aromatic heterocycles. The fourth-order valence-electron chi connectivity index (χ4n) is 3.06. The molecule has 3 rings (SSSR count). The fraction of sp³-hybridized carbons (Fsp3) is 0.368. The van der Waals surface area contributed by atoms with Crippen LogP contribution in [-0.4, -0.2) is 8.42 Å². The summed E-state index contributed by atoms with van der Waals surface area (Å²) in [6.07, 6.45) is 9.38. The van der Waals surface area contributed by atoms with Crippen molar-refractivity contribution in [2.24, 2.45) is 11.8 Å². The SMILES string of the molecule is C=C1CCCC/C=C\[C@@H]2C[C@@H]2C(=C)NS(=O)(=O)c2ccccc2N1. The molecule has 0 spiro atoms. The van der Waals surface area contributed by atoms with Crippen molar-refractivity contribution in [2.45, 2.75) is 37.0 Å². The van der Waals surface area contributed by atoms with Crippen LogP contribution >= 0.6 is 0 Å². The van der Waals surface area contributed by atoms with Crippen molar-refractivity contribution >= 4 is 15.7 Å². The first-order valence-corrected chi connectivity index (χ1v) is 9.88. The highest BCUT2D eigenvalue weighted by atomic mass is 32.2. The molecule has 0 bridgehead atoms. The van der Waals surface area contributed by atoms with Crippen LogP contribution in [0.15, 0.2) is 65.9 Å². The third kappa shape index (κ3) is 3.90. The van der Waals surface area contributed by atoms with Gasteiger partial charge in [-0.25, -0.2) is 8.42 Å². The van der Waals surface area contributed by atoms with Crippen LogP contribution in [0.4, 0.5) is 5.69 Å². The van der Waals surface area contributed by atoms with Gasteiger partial charge in [-0.05, 0) is 50.2 Å². The zero-order valence-electron chi connectivity index (χ0n) is 13.8. The molecule has 128 valence electrons. The Morgan fingerprint density at radius 1 is 1.12 bits per heavy atom. The molecule has 5 heteroatoms. The number of para-hydroxylation sites is 1. The zero-order chi connectivity index (χ0) is 17.2. The average molecular weight is 344 g/mol. The summed E-state index contributed by atoms with van der Waals surface area (Å²) in [5, 5.41) is 3.16. The molecule has 0 amide bonds. The number of nitrogens with one attached hydrogen (secondary N) is 2. The van der Waals surface area contributed by atoms with E-state index in [1.54, 1.807) is 18.2 Å². The molecular formula is C19H24N2O2S. The Bertz CT molecular complexity index is 780. The summed E-state index contributed by atoms with van der Waals surface area (Å²) in [6.45, 7) is 7.97. The molecule has 1 heterocycles. The lowest BCUT2D eigenvalue weighted by molar-refractivity contribution is 0.586. The van der Waals surface area contributed by atoms with Crippen molar-refractivity contribution in [3.8, 4) is 0 Å². The molecule has 1 aliphatic heterocycles. The normalized spacial score (nSPS) is 28.2. The Morgan fingerprint density at radius 2 is 1.92 bits per heavy atom. The van der Waals surface area contributed by atoms with Crippen molar-refractivity contribution < 1.29 is 8.42 Å². The van der Waals surface area contributed by atoms with Crippen LogP contribution in [0.25, 0.3) is 0 Å². The lowest BCUT2D eigenvalue weighted by Gasteiger charge is -2.16. The van der Waals surface area contributed by atoms with Gasteiger partial charge in [0.15, 0.2) is 0 Å². The molecule has 2 aliphatic rings. The minimum Gasteiger partial charge on any atom is -0.358 e. The third-order valence-corrected chi connectivity index (χ3v) is 5.99. The van der Waals surface area contributed by atoms with E-state index in [-0.39, 0.29) is 10.8 Å². The quantitative estimate of drug-likeness (QED) is 0.695. The Balaban J connectivity index is 1.89. The number of allylic oxidation sites excluding steroid dienone is 4. The number of benzene rings is 1. The van der Waals surface area contributed by atoms with Crippen LogP contribution in [0, 0.1) is 11.8 Å². The summed E-state index contributed by atoms with van der Waals surface area (Å²) in [6, 6.07) is 6.91. The van der Waals surface area contributed by atoms with Gasteiger partial charge in [0.25, 0.3) is 10.0 Å². The van der Waals surface area contributed by atoms with Crippen molar-refractivity contribution in [1.29, 1.82) is 0 Å². The van der Waals surface area contributed by atoms with Gasteiger partial charge in [-0.3, -0.25) is 4.72 Å². The molecule has 1 fully saturated rings. The molecule has 0 unspecified atom stereocenters. The molecule has 4 nitrogen and oxygen atoms in total. The Labute approximate surface area is 144 Å². The van der Waals surface area contributed by atoms with Gasteiger partial charge in [0.1, 0.15) is 4.90 Å². The number of hydrogen-bond acceptors (Lipinski definition) is 3. The molecule has 1 aromatic carbocycles. The number of hydrogen-bond donors (Lipinski definition) is 2. The van der Waals surface area contributed by atoms with Gasteiger partial charge in [-0.2, -0.15) is 0 Å². The van der Waals surface area contributed by atoms with E-state index in [1.165, 1.54) is 0 Å². The largest absolute Gasteiger partial charge is 0.358 e. The maximum atomic E-state index is 12.8.